The van der Waals surface area contributed by atoms with E-state index in [0.29, 0.717) is 52.5 Å². The third-order valence-corrected chi connectivity index (χ3v) is 7.69. The minimum absolute atomic E-state index is 0.00892. The van der Waals surface area contributed by atoms with Crippen molar-refractivity contribution in [2.24, 2.45) is 0 Å². The van der Waals surface area contributed by atoms with Gasteiger partial charge in [-0.1, -0.05) is 17.7 Å². The van der Waals surface area contributed by atoms with Crippen molar-refractivity contribution < 1.29 is 18.7 Å². The molecule has 3 fully saturated rings. The summed E-state index contributed by atoms with van der Waals surface area (Å²) in [5.74, 6) is 0.344. The van der Waals surface area contributed by atoms with Crippen LogP contribution in [0.5, 0.6) is 5.75 Å². The monoisotopic (exact) mass is 537 g/mol. The summed E-state index contributed by atoms with van der Waals surface area (Å²) in [6, 6.07) is 8.46. The molecule has 0 radical (unpaired) electrons. The van der Waals surface area contributed by atoms with Crippen molar-refractivity contribution in [2.45, 2.75) is 50.4 Å². The van der Waals surface area contributed by atoms with E-state index in [1.165, 1.54) is 18.5 Å². The highest BCUT2D eigenvalue weighted by atomic mass is 35.5. The topological polar surface area (TPSA) is 88.6 Å². The fraction of sp³-hybridized carbons (Fsp3) is 0.393. The Morgan fingerprint density at radius 2 is 2.11 bits per heavy atom. The Morgan fingerprint density at radius 3 is 2.87 bits per heavy atom. The van der Waals surface area contributed by atoms with Gasteiger partial charge in [-0.2, -0.15) is 0 Å². The van der Waals surface area contributed by atoms with Crippen LogP contribution in [-0.4, -0.2) is 58.7 Å². The molecule has 3 aliphatic rings. The quantitative estimate of drug-likeness (QED) is 0.369. The van der Waals surface area contributed by atoms with Gasteiger partial charge in [-0.05, 0) is 56.4 Å². The predicted molar refractivity (Wildman–Crippen MR) is 145 cm³/mol. The number of likely N-dealkylation sites (tertiary alicyclic amines) is 1. The van der Waals surface area contributed by atoms with Gasteiger partial charge in [0.15, 0.2) is 0 Å². The average Bonchev–Trinajstić information content (AvgIpc) is 3.66. The van der Waals surface area contributed by atoms with Gasteiger partial charge in [0.1, 0.15) is 23.7 Å². The van der Waals surface area contributed by atoms with Crippen LogP contribution >= 0.6 is 11.6 Å². The fourth-order valence-electron chi connectivity index (χ4n) is 5.45. The minimum Gasteiger partial charge on any atom is -0.488 e. The second-order valence-electron chi connectivity index (χ2n) is 10.1. The number of ether oxygens (including phenoxy) is 2. The summed E-state index contributed by atoms with van der Waals surface area (Å²) < 4.78 is 25.6. The molecule has 198 valence electrons. The van der Waals surface area contributed by atoms with Gasteiger partial charge in [-0.25, -0.2) is 14.4 Å². The second kappa shape index (κ2) is 10.8. The lowest BCUT2D eigenvalue weighted by Crippen LogP contribution is -2.36. The first-order chi connectivity index (χ1) is 18.5. The molecule has 1 aromatic heterocycles. The summed E-state index contributed by atoms with van der Waals surface area (Å²) in [6.07, 6.45) is 10.6. The zero-order valence-corrected chi connectivity index (χ0v) is 21.6. The number of carbonyl (C=O) groups excluding carboxylic acids is 1. The van der Waals surface area contributed by atoms with E-state index in [1.54, 1.807) is 12.1 Å². The van der Waals surface area contributed by atoms with Gasteiger partial charge in [0.25, 0.3) is 0 Å². The summed E-state index contributed by atoms with van der Waals surface area (Å²) in [7, 11) is 0. The van der Waals surface area contributed by atoms with E-state index >= 15 is 0 Å². The standard InChI is InChI=1S/C28H29ClFN5O3/c29-22-10-17(7-8-23(22)30)33-28-21-12-25(26(13-24(21)31-16-32-28)38-19-4-1-2-5-19)34-27(36)6-3-9-35-14-20-11-18(35)15-37-20/h3,6-8,10,12-13,16,18-20H,1-2,4-5,9,11,14-15H2,(H,34,36)(H,31,32,33)/b6-3+/t18-,20-/m1/s1. The van der Waals surface area contributed by atoms with E-state index in [-0.39, 0.29) is 17.0 Å². The molecule has 0 unspecified atom stereocenters. The normalized spacial score (nSPS) is 21.5. The number of carbonyl (C=O) groups is 1. The van der Waals surface area contributed by atoms with Crippen LogP contribution in [0.1, 0.15) is 32.1 Å². The zero-order chi connectivity index (χ0) is 26.1. The van der Waals surface area contributed by atoms with Crippen molar-refractivity contribution in [3.8, 4) is 5.75 Å². The molecule has 10 heteroatoms. The number of rotatable bonds is 8. The minimum atomic E-state index is -0.498. The molecule has 6 rings (SSSR count). The number of halogens is 2. The van der Waals surface area contributed by atoms with Gasteiger partial charge < -0.3 is 20.1 Å². The maximum atomic E-state index is 13.6. The molecular formula is C28H29ClFN5O3. The first kappa shape index (κ1) is 25.0. The third kappa shape index (κ3) is 5.45. The Bertz CT molecular complexity index is 1380. The van der Waals surface area contributed by atoms with E-state index < -0.39 is 5.82 Å². The van der Waals surface area contributed by atoms with Gasteiger partial charge in [0, 0.05) is 42.3 Å². The predicted octanol–water partition coefficient (Wildman–Crippen LogP) is 5.46. The summed E-state index contributed by atoms with van der Waals surface area (Å²) in [5.41, 5.74) is 1.78. The van der Waals surface area contributed by atoms with Crippen LogP contribution in [0.2, 0.25) is 5.02 Å². The van der Waals surface area contributed by atoms with E-state index in [2.05, 4.69) is 25.5 Å². The molecule has 0 spiro atoms. The molecule has 2 saturated heterocycles. The first-order valence-corrected chi connectivity index (χ1v) is 13.4. The molecule has 3 aromatic rings. The van der Waals surface area contributed by atoms with Crippen LogP contribution < -0.4 is 15.4 Å². The highest BCUT2D eigenvalue weighted by Crippen LogP contribution is 2.36. The Balaban J connectivity index is 1.25. The summed E-state index contributed by atoms with van der Waals surface area (Å²) in [5, 5.41) is 6.87. The SMILES string of the molecule is O=C(/C=C/CN1C[C@H]2C[C@@H]1CO2)Nc1cc2c(Nc3ccc(F)c(Cl)c3)ncnc2cc1OC1CCCC1. The summed E-state index contributed by atoms with van der Waals surface area (Å²) in [6.45, 7) is 2.39. The maximum absolute atomic E-state index is 13.6. The number of nitrogens with one attached hydrogen (secondary N) is 2. The maximum Gasteiger partial charge on any atom is 0.248 e. The number of hydrogen-bond acceptors (Lipinski definition) is 7. The number of nitrogens with zero attached hydrogens (tertiary/aromatic N) is 3. The fourth-order valence-corrected chi connectivity index (χ4v) is 5.63. The van der Waals surface area contributed by atoms with E-state index in [4.69, 9.17) is 21.1 Å². The van der Waals surface area contributed by atoms with E-state index in [0.717, 1.165) is 45.3 Å². The van der Waals surface area contributed by atoms with Crippen molar-refractivity contribution in [3.05, 3.63) is 59.7 Å². The summed E-state index contributed by atoms with van der Waals surface area (Å²) >= 11 is 5.96. The Morgan fingerprint density at radius 1 is 1.24 bits per heavy atom. The van der Waals surface area contributed by atoms with Gasteiger partial charge in [0.05, 0.1) is 35.0 Å². The van der Waals surface area contributed by atoms with Crippen LogP contribution in [0, 0.1) is 5.82 Å². The van der Waals surface area contributed by atoms with Gasteiger partial charge in [-0.3, -0.25) is 9.69 Å². The van der Waals surface area contributed by atoms with E-state index in [9.17, 15) is 9.18 Å². The van der Waals surface area contributed by atoms with Crippen molar-refractivity contribution in [1.29, 1.82) is 0 Å². The van der Waals surface area contributed by atoms with Crippen LogP contribution in [0.4, 0.5) is 21.6 Å². The van der Waals surface area contributed by atoms with Crippen molar-refractivity contribution in [3.63, 3.8) is 0 Å². The lowest BCUT2D eigenvalue weighted by Gasteiger charge is -2.25. The smallest absolute Gasteiger partial charge is 0.248 e. The van der Waals surface area contributed by atoms with Crippen LogP contribution in [0.3, 0.4) is 0 Å². The largest absolute Gasteiger partial charge is 0.488 e. The number of anilines is 3. The van der Waals surface area contributed by atoms with Crippen LogP contribution in [-0.2, 0) is 9.53 Å². The van der Waals surface area contributed by atoms with Gasteiger partial charge in [0.2, 0.25) is 5.91 Å². The van der Waals surface area contributed by atoms with Crippen molar-refractivity contribution in [2.75, 3.05) is 30.3 Å². The molecule has 2 N–H and O–H groups in total. The molecule has 8 nitrogen and oxygen atoms in total. The number of fused-ring (bicyclic) bond motifs is 3. The zero-order valence-electron chi connectivity index (χ0n) is 20.8. The highest BCUT2D eigenvalue weighted by molar-refractivity contribution is 6.31. The molecule has 1 aliphatic carbocycles. The molecule has 2 aromatic carbocycles. The molecule has 2 atom stereocenters. The lowest BCUT2D eigenvalue weighted by atomic mass is 10.1. The second-order valence-corrected chi connectivity index (χ2v) is 10.5. The Kier molecular flexibility index (Phi) is 7.14. The van der Waals surface area contributed by atoms with Crippen molar-refractivity contribution in [1.82, 2.24) is 14.9 Å². The number of morpholine rings is 1. The van der Waals surface area contributed by atoms with Crippen LogP contribution in [0.25, 0.3) is 10.9 Å². The molecule has 3 heterocycles. The van der Waals surface area contributed by atoms with Crippen molar-refractivity contribution >= 4 is 45.6 Å². The molecule has 1 saturated carbocycles. The molecule has 2 bridgehead atoms. The summed E-state index contributed by atoms with van der Waals surface area (Å²) in [4.78, 5) is 24.1. The number of hydrogen-bond donors (Lipinski definition) is 2. The average molecular weight is 538 g/mol. The highest BCUT2D eigenvalue weighted by Gasteiger charge is 2.38. The van der Waals surface area contributed by atoms with E-state index in [1.807, 2.05) is 18.2 Å². The Hall–Kier alpha value is -3.27. The van der Waals surface area contributed by atoms with Gasteiger partial charge in [-0.15, -0.1) is 0 Å². The molecule has 1 amide bonds. The van der Waals surface area contributed by atoms with Gasteiger partial charge >= 0.3 is 0 Å². The molecular weight excluding hydrogens is 509 g/mol. The number of amides is 1. The number of benzene rings is 2. The number of aromatic nitrogens is 2. The van der Waals surface area contributed by atoms with Crippen LogP contribution in [0.15, 0.2) is 48.8 Å². The molecule has 38 heavy (non-hydrogen) atoms. The molecule has 2 aliphatic heterocycles. The third-order valence-electron chi connectivity index (χ3n) is 7.40. The lowest BCUT2D eigenvalue weighted by molar-refractivity contribution is -0.111. The first-order valence-electron chi connectivity index (χ1n) is 13.0. The Labute approximate surface area is 225 Å².